The van der Waals surface area contributed by atoms with Gasteiger partial charge in [-0.25, -0.2) is 13.6 Å². The molecular weight excluding hydrogens is 236 g/mol. The molecule has 0 aromatic carbocycles. The molecule has 72 valence electrons. The van der Waals surface area contributed by atoms with E-state index >= 15 is 0 Å². The fraction of sp³-hybridized carbons (Fsp3) is 0. The van der Waals surface area contributed by atoms with Crippen molar-refractivity contribution in [3.63, 3.8) is 0 Å². The van der Waals surface area contributed by atoms with Crippen molar-refractivity contribution in [3.05, 3.63) is 16.2 Å². The van der Waals surface area contributed by atoms with Crippen molar-refractivity contribution in [2.24, 2.45) is 5.14 Å². The second-order valence-electron chi connectivity index (χ2n) is 2.06. The third-order valence-corrected chi connectivity index (χ3v) is 4.00. The normalized spacial score (nSPS) is 11.5. The average molecular weight is 240 g/mol. The molecule has 0 atom stereocenters. The molecule has 0 bridgehead atoms. The van der Waals surface area contributed by atoms with Crippen molar-refractivity contribution < 1.29 is 13.3 Å². The van der Waals surface area contributed by atoms with E-state index in [4.69, 9.17) is 5.14 Å². The van der Waals surface area contributed by atoms with Gasteiger partial charge in [0.05, 0.1) is 4.92 Å². The first-order chi connectivity index (χ1) is 5.82. The van der Waals surface area contributed by atoms with Crippen LogP contribution in [-0.4, -0.2) is 13.3 Å². The van der Waals surface area contributed by atoms with Gasteiger partial charge in [0.25, 0.3) is 5.69 Å². The summed E-state index contributed by atoms with van der Waals surface area (Å²) >= 11 is 4.41. The molecule has 0 unspecified atom stereocenters. The Bertz CT molecular complexity index is 448. The molecule has 0 aliphatic rings. The molecule has 1 rings (SSSR count). The maximum Gasteiger partial charge on any atom is 0.294 e. The summed E-state index contributed by atoms with van der Waals surface area (Å²) in [6.07, 6.45) is 0. The molecule has 0 radical (unpaired) electrons. The average Bonchev–Trinajstić information content (AvgIpc) is 2.29. The van der Waals surface area contributed by atoms with Gasteiger partial charge in [0.15, 0.2) is 0 Å². The monoisotopic (exact) mass is 240 g/mol. The Kier molecular flexibility index (Phi) is 2.61. The summed E-state index contributed by atoms with van der Waals surface area (Å²) in [5.74, 6) is 0. The lowest BCUT2D eigenvalue weighted by atomic mass is 10.6. The first-order valence-corrected chi connectivity index (χ1v) is 5.63. The Morgan fingerprint density at radius 3 is 2.38 bits per heavy atom. The molecule has 9 heteroatoms. The first-order valence-electron chi connectivity index (χ1n) is 2.82. The summed E-state index contributed by atoms with van der Waals surface area (Å²) in [6, 6.07) is 0.891. The summed E-state index contributed by atoms with van der Waals surface area (Å²) in [4.78, 5) is 9.57. The third kappa shape index (κ3) is 2.18. The van der Waals surface area contributed by atoms with Crippen LogP contribution >= 0.6 is 24.0 Å². The van der Waals surface area contributed by atoms with Crippen molar-refractivity contribution in [2.75, 3.05) is 0 Å². The van der Waals surface area contributed by atoms with E-state index in [0.717, 1.165) is 6.07 Å². The first kappa shape index (κ1) is 10.4. The minimum absolute atomic E-state index is 0.0222. The van der Waals surface area contributed by atoms with E-state index in [9.17, 15) is 18.5 Å². The molecule has 6 nitrogen and oxygen atoms in total. The molecule has 0 amide bonds. The van der Waals surface area contributed by atoms with Crippen LogP contribution < -0.4 is 5.14 Å². The highest BCUT2D eigenvalue weighted by molar-refractivity contribution is 7.92. The van der Waals surface area contributed by atoms with Gasteiger partial charge in [-0.2, -0.15) is 0 Å². The Balaban J connectivity index is 3.33. The van der Waals surface area contributed by atoms with Crippen LogP contribution in [0.3, 0.4) is 0 Å². The third-order valence-electron chi connectivity index (χ3n) is 1.15. The Morgan fingerprint density at radius 1 is 1.62 bits per heavy atom. The van der Waals surface area contributed by atoms with Crippen LogP contribution in [0.4, 0.5) is 5.69 Å². The molecule has 1 heterocycles. The smallest absolute Gasteiger partial charge is 0.258 e. The Morgan fingerprint density at radius 2 is 2.15 bits per heavy atom. The molecule has 13 heavy (non-hydrogen) atoms. The lowest BCUT2D eigenvalue weighted by Gasteiger charge is -1.86. The molecule has 0 aliphatic heterocycles. The fourth-order valence-electron chi connectivity index (χ4n) is 0.621. The van der Waals surface area contributed by atoms with Crippen molar-refractivity contribution in [2.45, 2.75) is 8.42 Å². The number of nitrogens with two attached hydrogens (primary N) is 1. The van der Waals surface area contributed by atoms with Gasteiger partial charge in [-0.15, -0.1) is 24.0 Å². The Hall–Kier alpha value is -0.640. The van der Waals surface area contributed by atoms with Gasteiger partial charge < -0.3 is 0 Å². The maximum atomic E-state index is 10.8. The number of nitro groups is 1. The van der Waals surface area contributed by atoms with Gasteiger partial charge in [0.2, 0.25) is 10.0 Å². The Labute approximate surface area is 83.0 Å². The van der Waals surface area contributed by atoms with Crippen LogP contribution in [0.15, 0.2) is 14.5 Å². The van der Waals surface area contributed by atoms with E-state index in [2.05, 4.69) is 12.6 Å². The van der Waals surface area contributed by atoms with E-state index in [1.165, 1.54) is 0 Å². The maximum absolute atomic E-state index is 10.8. The number of rotatable bonds is 2. The van der Waals surface area contributed by atoms with Crippen molar-refractivity contribution in [1.29, 1.82) is 0 Å². The van der Waals surface area contributed by atoms with Crippen LogP contribution in [0.1, 0.15) is 0 Å². The second kappa shape index (κ2) is 3.25. The standard InChI is InChI=1S/C4H4N2O4S3/c5-13(9,10)3-1-2(6(7)8)4(11)12-3/h1,11H,(H2,5,9,10). The number of thiol groups is 1. The number of hydrogen-bond acceptors (Lipinski definition) is 6. The zero-order valence-electron chi connectivity index (χ0n) is 6.00. The largest absolute Gasteiger partial charge is 0.294 e. The number of hydrogen-bond donors (Lipinski definition) is 2. The molecule has 0 saturated carbocycles. The van der Waals surface area contributed by atoms with Crippen molar-refractivity contribution >= 4 is 39.7 Å². The molecule has 1 aromatic rings. The van der Waals surface area contributed by atoms with Crippen LogP contribution in [-0.2, 0) is 10.0 Å². The highest BCUT2D eigenvalue weighted by Crippen LogP contribution is 2.33. The fourth-order valence-corrected chi connectivity index (χ4v) is 2.84. The van der Waals surface area contributed by atoms with Gasteiger partial charge in [-0.3, -0.25) is 10.1 Å². The van der Waals surface area contributed by atoms with E-state index in [0.29, 0.717) is 11.3 Å². The van der Waals surface area contributed by atoms with Crippen molar-refractivity contribution in [1.82, 2.24) is 0 Å². The van der Waals surface area contributed by atoms with Crippen LogP contribution in [0.5, 0.6) is 0 Å². The zero-order chi connectivity index (χ0) is 10.2. The van der Waals surface area contributed by atoms with Gasteiger partial charge >= 0.3 is 0 Å². The van der Waals surface area contributed by atoms with Gasteiger partial charge in [-0.05, 0) is 0 Å². The summed E-state index contributed by atoms with van der Waals surface area (Å²) in [7, 11) is -3.87. The number of sulfonamides is 1. The van der Waals surface area contributed by atoms with Crippen molar-refractivity contribution in [3.8, 4) is 0 Å². The molecule has 0 aliphatic carbocycles. The second-order valence-corrected chi connectivity index (χ2v) is 5.65. The highest BCUT2D eigenvalue weighted by atomic mass is 32.2. The minimum Gasteiger partial charge on any atom is -0.258 e. The van der Waals surface area contributed by atoms with E-state index < -0.39 is 14.9 Å². The predicted molar refractivity (Wildman–Crippen MR) is 49.6 cm³/mol. The lowest BCUT2D eigenvalue weighted by Crippen LogP contribution is -2.09. The van der Waals surface area contributed by atoms with Gasteiger partial charge in [0, 0.05) is 6.07 Å². The molecular formula is C4H4N2O4S3. The zero-order valence-corrected chi connectivity index (χ0v) is 8.53. The summed E-state index contributed by atoms with van der Waals surface area (Å²) in [5, 5.41) is 15.1. The molecule has 0 fully saturated rings. The topological polar surface area (TPSA) is 103 Å². The molecule has 0 spiro atoms. The quantitative estimate of drug-likeness (QED) is 0.448. The summed E-state index contributed by atoms with van der Waals surface area (Å²) in [5.41, 5.74) is -0.350. The number of nitrogens with zero attached hydrogens (tertiary/aromatic N) is 1. The number of primary sulfonamides is 1. The predicted octanol–water partition coefficient (Wildman–Crippen LogP) is 0.592. The van der Waals surface area contributed by atoms with E-state index in [1.54, 1.807) is 0 Å². The number of thiophene rings is 1. The van der Waals surface area contributed by atoms with Gasteiger partial charge in [-0.1, -0.05) is 0 Å². The summed E-state index contributed by atoms with van der Waals surface area (Å²) in [6.45, 7) is 0. The lowest BCUT2D eigenvalue weighted by molar-refractivity contribution is -0.387. The molecule has 2 N–H and O–H groups in total. The van der Waals surface area contributed by atoms with Gasteiger partial charge in [0.1, 0.15) is 8.42 Å². The van der Waals surface area contributed by atoms with E-state index in [1.807, 2.05) is 0 Å². The molecule has 0 saturated heterocycles. The summed E-state index contributed by atoms with van der Waals surface area (Å²) < 4.78 is 21.3. The SMILES string of the molecule is NS(=O)(=O)c1cc([N+](=O)[O-])c(S)s1. The highest BCUT2D eigenvalue weighted by Gasteiger charge is 2.21. The van der Waals surface area contributed by atoms with Crippen LogP contribution in [0, 0.1) is 10.1 Å². The van der Waals surface area contributed by atoms with E-state index in [-0.39, 0.29) is 14.1 Å². The van der Waals surface area contributed by atoms with Crippen LogP contribution in [0.25, 0.3) is 0 Å². The minimum atomic E-state index is -3.87. The van der Waals surface area contributed by atoms with Crippen LogP contribution in [0.2, 0.25) is 0 Å². The molecule has 1 aromatic heterocycles.